The predicted molar refractivity (Wildman–Crippen MR) is 73.7 cm³/mol. The highest BCUT2D eigenvalue weighted by atomic mass is 32.2. The molecule has 18 heavy (non-hydrogen) atoms. The molecule has 1 amide bonds. The third-order valence-corrected chi connectivity index (χ3v) is 4.03. The molecular weight excluding hydrogens is 248 g/mol. The topological polar surface area (TPSA) is 59.0 Å². The quantitative estimate of drug-likeness (QED) is 0.799. The summed E-state index contributed by atoms with van der Waals surface area (Å²) in [5.74, 6) is 2.32. The summed E-state index contributed by atoms with van der Waals surface area (Å²) >= 11 is 1.91. The van der Waals surface area contributed by atoms with Gasteiger partial charge in [-0.25, -0.2) is 0 Å². The van der Waals surface area contributed by atoms with Crippen molar-refractivity contribution in [3.8, 4) is 0 Å². The molecule has 1 unspecified atom stereocenters. The van der Waals surface area contributed by atoms with Crippen LogP contribution < -0.4 is 10.6 Å². The van der Waals surface area contributed by atoms with Gasteiger partial charge in [0, 0.05) is 56.7 Å². The van der Waals surface area contributed by atoms with Crippen LogP contribution in [0.3, 0.4) is 0 Å². The Morgan fingerprint density at radius 2 is 2.61 bits per heavy atom. The molecule has 1 aliphatic rings. The lowest BCUT2D eigenvalue weighted by Crippen LogP contribution is -2.41. The molecule has 0 spiro atoms. The monoisotopic (exact) mass is 268 g/mol. The van der Waals surface area contributed by atoms with Crippen LogP contribution in [0.2, 0.25) is 0 Å². The summed E-state index contributed by atoms with van der Waals surface area (Å²) in [6.07, 6.45) is 3.29. The predicted octanol–water partition coefficient (Wildman–Crippen LogP) is 0.174. The fourth-order valence-electron chi connectivity index (χ4n) is 1.97. The van der Waals surface area contributed by atoms with E-state index in [0.717, 1.165) is 30.2 Å². The fourth-order valence-corrected chi connectivity index (χ4v) is 2.92. The number of nitrogens with one attached hydrogen (secondary N) is 2. The summed E-state index contributed by atoms with van der Waals surface area (Å²) in [6.45, 7) is 1.67. The Morgan fingerprint density at radius 3 is 3.28 bits per heavy atom. The molecule has 2 rings (SSSR count). The van der Waals surface area contributed by atoms with Crippen molar-refractivity contribution in [3.63, 3.8) is 0 Å². The molecule has 100 valence electrons. The maximum Gasteiger partial charge on any atom is 0.221 e. The summed E-state index contributed by atoms with van der Waals surface area (Å²) in [5, 5.41) is 10.6. The highest BCUT2D eigenvalue weighted by molar-refractivity contribution is 7.99. The van der Waals surface area contributed by atoms with Crippen molar-refractivity contribution in [2.75, 3.05) is 24.6 Å². The Kier molecular flexibility index (Phi) is 5.07. The standard InChI is InChI=1S/C12H20N4OS/c1-16-6-3-10(15-16)2-4-14-12(17)8-11-9-18-7-5-13-11/h3,6,11,13H,2,4-5,7-9H2,1H3,(H,14,17). The van der Waals surface area contributed by atoms with E-state index in [4.69, 9.17) is 0 Å². The van der Waals surface area contributed by atoms with Gasteiger partial charge >= 0.3 is 0 Å². The van der Waals surface area contributed by atoms with Crippen LogP contribution in [0.4, 0.5) is 0 Å². The largest absolute Gasteiger partial charge is 0.356 e. The SMILES string of the molecule is Cn1ccc(CCNC(=O)CC2CSCCN2)n1. The highest BCUT2D eigenvalue weighted by Crippen LogP contribution is 2.09. The number of rotatable bonds is 5. The first-order valence-electron chi connectivity index (χ1n) is 6.30. The minimum atomic E-state index is 0.130. The van der Waals surface area contributed by atoms with Gasteiger partial charge in [0.2, 0.25) is 5.91 Å². The summed E-state index contributed by atoms with van der Waals surface area (Å²) in [6, 6.07) is 2.31. The number of nitrogens with zero attached hydrogens (tertiary/aromatic N) is 2. The van der Waals surface area contributed by atoms with Crippen molar-refractivity contribution in [3.05, 3.63) is 18.0 Å². The van der Waals surface area contributed by atoms with E-state index < -0.39 is 0 Å². The van der Waals surface area contributed by atoms with Gasteiger partial charge in [0.25, 0.3) is 0 Å². The molecule has 0 aliphatic carbocycles. The van der Waals surface area contributed by atoms with Gasteiger partial charge in [0.15, 0.2) is 0 Å². The molecule has 1 aromatic heterocycles. The van der Waals surface area contributed by atoms with Gasteiger partial charge in [0.1, 0.15) is 0 Å². The van der Waals surface area contributed by atoms with Gasteiger partial charge in [0.05, 0.1) is 5.69 Å². The number of carbonyl (C=O) groups excluding carboxylic acids is 1. The van der Waals surface area contributed by atoms with Crippen LogP contribution in [0, 0.1) is 0 Å². The number of aromatic nitrogens is 2. The van der Waals surface area contributed by atoms with Gasteiger partial charge in [-0.15, -0.1) is 0 Å². The zero-order chi connectivity index (χ0) is 12.8. The van der Waals surface area contributed by atoms with Crippen molar-refractivity contribution < 1.29 is 4.79 Å². The van der Waals surface area contributed by atoms with E-state index in [1.807, 2.05) is 31.1 Å². The van der Waals surface area contributed by atoms with E-state index in [9.17, 15) is 4.79 Å². The first-order chi connectivity index (χ1) is 8.74. The molecule has 1 aromatic rings. The van der Waals surface area contributed by atoms with Gasteiger partial charge in [-0.2, -0.15) is 16.9 Å². The van der Waals surface area contributed by atoms with Gasteiger partial charge in [-0.05, 0) is 6.07 Å². The van der Waals surface area contributed by atoms with Gasteiger partial charge in [-0.3, -0.25) is 9.48 Å². The number of carbonyl (C=O) groups is 1. The molecule has 0 aromatic carbocycles. The van der Waals surface area contributed by atoms with Crippen molar-refractivity contribution >= 4 is 17.7 Å². The Balaban J connectivity index is 1.62. The van der Waals surface area contributed by atoms with Crippen LogP contribution in [-0.2, 0) is 18.3 Å². The van der Waals surface area contributed by atoms with E-state index >= 15 is 0 Å². The highest BCUT2D eigenvalue weighted by Gasteiger charge is 2.16. The minimum Gasteiger partial charge on any atom is -0.356 e. The number of hydrogen-bond donors (Lipinski definition) is 2. The average Bonchev–Trinajstić information content (AvgIpc) is 2.76. The normalized spacial score (nSPS) is 19.7. The van der Waals surface area contributed by atoms with Gasteiger partial charge in [-0.1, -0.05) is 0 Å². The van der Waals surface area contributed by atoms with E-state index in [2.05, 4.69) is 15.7 Å². The van der Waals surface area contributed by atoms with Crippen LogP contribution in [-0.4, -0.2) is 46.3 Å². The number of hydrogen-bond acceptors (Lipinski definition) is 4. The zero-order valence-electron chi connectivity index (χ0n) is 10.7. The van der Waals surface area contributed by atoms with Crippen molar-refractivity contribution in [2.45, 2.75) is 18.9 Å². The van der Waals surface area contributed by atoms with Crippen LogP contribution in [0.5, 0.6) is 0 Å². The zero-order valence-corrected chi connectivity index (χ0v) is 11.5. The lowest BCUT2D eigenvalue weighted by atomic mass is 10.2. The van der Waals surface area contributed by atoms with Crippen molar-refractivity contribution in [2.24, 2.45) is 7.05 Å². The molecule has 6 heteroatoms. The van der Waals surface area contributed by atoms with Crippen LogP contribution in [0.25, 0.3) is 0 Å². The summed E-state index contributed by atoms with van der Waals surface area (Å²) < 4.78 is 1.78. The van der Waals surface area contributed by atoms with Gasteiger partial charge < -0.3 is 10.6 Å². The maximum absolute atomic E-state index is 11.7. The second-order valence-corrected chi connectivity index (χ2v) is 5.66. The lowest BCUT2D eigenvalue weighted by Gasteiger charge is -2.22. The minimum absolute atomic E-state index is 0.130. The first-order valence-corrected chi connectivity index (χ1v) is 7.46. The smallest absolute Gasteiger partial charge is 0.221 e. The first kappa shape index (κ1) is 13.4. The molecule has 5 nitrogen and oxygen atoms in total. The summed E-state index contributed by atoms with van der Waals surface area (Å²) in [7, 11) is 1.90. The second-order valence-electron chi connectivity index (χ2n) is 4.51. The van der Waals surface area contributed by atoms with E-state index in [1.54, 1.807) is 4.68 Å². The lowest BCUT2D eigenvalue weighted by molar-refractivity contribution is -0.121. The molecule has 1 saturated heterocycles. The van der Waals surface area contributed by atoms with Crippen LogP contribution >= 0.6 is 11.8 Å². The molecule has 1 fully saturated rings. The third-order valence-electron chi connectivity index (χ3n) is 2.90. The molecule has 0 radical (unpaired) electrons. The molecule has 1 atom stereocenters. The second kappa shape index (κ2) is 6.80. The Hall–Kier alpha value is -1.01. The summed E-state index contributed by atoms with van der Waals surface area (Å²) in [5.41, 5.74) is 1.02. The molecule has 0 saturated carbocycles. The fraction of sp³-hybridized carbons (Fsp3) is 0.667. The molecule has 0 bridgehead atoms. The number of amides is 1. The van der Waals surface area contributed by atoms with E-state index in [0.29, 0.717) is 19.0 Å². The van der Waals surface area contributed by atoms with Crippen LogP contribution in [0.15, 0.2) is 12.3 Å². The maximum atomic E-state index is 11.7. The van der Waals surface area contributed by atoms with E-state index in [-0.39, 0.29) is 5.91 Å². The van der Waals surface area contributed by atoms with Crippen molar-refractivity contribution in [1.82, 2.24) is 20.4 Å². The number of thioether (sulfide) groups is 1. The van der Waals surface area contributed by atoms with Crippen molar-refractivity contribution in [1.29, 1.82) is 0 Å². The third kappa shape index (κ3) is 4.34. The molecule has 1 aliphatic heterocycles. The molecule has 2 heterocycles. The van der Waals surface area contributed by atoms with Crippen LogP contribution in [0.1, 0.15) is 12.1 Å². The summed E-state index contributed by atoms with van der Waals surface area (Å²) in [4.78, 5) is 11.7. The Bertz CT molecular complexity index is 387. The molecular formula is C12H20N4OS. The van der Waals surface area contributed by atoms with E-state index in [1.165, 1.54) is 0 Å². The Labute approximate surface area is 112 Å². The molecule has 2 N–H and O–H groups in total. The number of aryl methyl sites for hydroxylation is 1. The average molecular weight is 268 g/mol. The Morgan fingerprint density at radius 1 is 1.72 bits per heavy atom.